The van der Waals surface area contributed by atoms with Crippen LogP contribution in [0.3, 0.4) is 0 Å². The van der Waals surface area contributed by atoms with Gasteiger partial charge >= 0.3 is 0 Å². The van der Waals surface area contributed by atoms with Gasteiger partial charge in [-0.1, -0.05) is 67.4 Å². The molecule has 0 atom stereocenters. The zero-order chi connectivity index (χ0) is 15.8. The van der Waals surface area contributed by atoms with E-state index in [0.717, 1.165) is 21.8 Å². The van der Waals surface area contributed by atoms with E-state index < -0.39 is 11.3 Å². The number of carbonyl (C=O) groups excluding carboxylic acids is 1. The Bertz CT molecular complexity index is 558. The molecular formula is C14H18Br3NO2Si. The van der Waals surface area contributed by atoms with Crippen molar-refractivity contribution < 1.29 is 9.53 Å². The van der Waals surface area contributed by atoms with E-state index in [1.165, 1.54) is 0 Å². The van der Waals surface area contributed by atoms with Crippen molar-refractivity contribution in [1.82, 2.24) is 0 Å². The molecule has 2 rings (SSSR count). The van der Waals surface area contributed by atoms with Crippen LogP contribution in [0.25, 0.3) is 0 Å². The number of fused-ring (bicyclic) bond motifs is 1. The van der Waals surface area contributed by atoms with Crippen LogP contribution >= 0.6 is 47.8 Å². The van der Waals surface area contributed by atoms with Gasteiger partial charge in [-0.3, -0.25) is 9.69 Å². The Morgan fingerprint density at radius 2 is 1.95 bits per heavy atom. The highest BCUT2D eigenvalue weighted by atomic mass is 79.9. The van der Waals surface area contributed by atoms with Crippen LogP contribution in [-0.2, 0) is 12.8 Å². The zero-order valence-corrected chi connectivity index (χ0v) is 18.0. The maximum atomic E-state index is 12.5. The maximum Gasteiger partial charge on any atom is 0.261 e. The molecule has 3 nitrogen and oxygen atoms in total. The molecule has 21 heavy (non-hydrogen) atoms. The fourth-order valence-electron chi connectivity index (χ4n) is 2.05. The highest BCUT2D eigenvalue weighted by molar-refractivity contribution is 9.25. The quantitative estimate of drug-likeness (QED) is 0.322. The Labute approximate surface area is 151 Å². The molecule has 0 saturated heterocycles. The van der Waals surface area contributed by atoms with Crippen molar-refractivity contribution in [1.29, 1.82) is 0 Å². The molecule has 0 fully saturated rings. The molecule has 1 aliphatic heterocycles. The van der Waals surface area contributed by atoms with Crippen LogP contribution < -0.4 is 4.90 Å². The molecule has 116 valence electrons. The summed E-state index contributed by atoms with van der Waals surface area (Å²) in [5.41, 5.74) is 1.78. The van der Waals surface area contributed by atoms with E-state index in [1.54, 1.807) is 4.90 Å². The van der Waals surface area contributed by atoms with Crippen molar-refractivity contribution in [3.8, 4) is 0 Å². The molecule has 0 aromatic heterocycles. The molecule has 1 aliphatic rings. The second-order valence-corrected chi connectivity index (χ2v) is 16.3. The fourth-order valence-corrected chi connectivity index (χ4v) is 4.23. The number of benzene rings is 1. The van der Waals surface area contributed by atoms with Gasteiger partial charge in [0.2, 0.25) is 0 Å². The van der Waals surface area contributed by atoms with Gasteiger partial charge in [-0.25, -0.2) is 0 Å². The van der Waals surface area contributed by atoms with E-state index in [2.05, 4.69) is 67.4 Å². The molecule has 0 aliphatic carbocycles. The van der Waals surface area contributed by atoms with Crippen LogP contribution in [0.5, 0.6) is 0 Å². The number of amides is 1. The van der Waals surface area contributed by atoms with Gasteiger partial charge in [0.15, 0.2) is 3.23 Å². The minimum Gasteiger partial charge on any atom is -0.361 e. The first-order chi connectivity index (χ1) is 9.63. The molecule has 0 unspecified atom stereocenters. The van der Waals surface area contributed by atoms with E-state index >= 15 is 0 Å². The summed E-state index contributed by atoms with van der Waals surface area (Å²) in [6.45, 7) is 7.92. The van der Waals surface area contributed by atoms with Gasteiger partial charge in [0.05, 0.1) is 5.69 Å². The number of anilines is 1. The molecule has 1 aromatic carbocycles. The average molecular weight is 500 g/mol. The number of halogens is 3. The third-order valence-corrected chi connectivity index (χ3v) is 7.05. The summed E-state index contributed by atoms with van der Waals surface area (Å²) in [5.74, 6) is -0.0522. The Hall–Kier alpha value is 0.307. The van der Waals surface area contributed by atoms with Crippen LogP contribution in [0, 0.1) is 0 Å². The number of hydrogen-bond donors (Lipinski definition) is 0. The predicted molar refractivity (Wildman–Crippen MR) is 100 cm³/mol. The summed E-state index contributed by atoms with van der Waals surface area (Å²) in [6.07, 6.45) is 0. The molecule has 1 aromatic rings. The topological polar surface area (TPSA) is 29.5 Å². The third-order valence-electron chi connectivity index (χ3n) is 3.32. The molecule has 1 heterocycles. The summed E-state index contributed by atoms with van der Waals surface area (Å²) in [6, 6.07) is 6.90. The average Bonchev–Trinajstić information content (AvgIpc) is 2.54. The van der Waals surface area contributed by atoms with Crippen LogP contribution in [0.1, 0.15) is 5.56 Å². The summed E-state index contributed by atoms with van der Waals surface area (Å²) in [4.78, 5) is 14.2. The van der Waals surface area contributed by atoms with Gasteiger partial charge in [0.25, 0.3) is 5.91 Å². The second-order valence-electron chi connectivity index (χ2n) is 6.32. The molecule has 0 spiro atoms. The monoisotopic (exact) mass is 497 g/mol. The second kappa shape index (κ2) is 6.43. The van der Waals surface area contributed by atoms with E-state index in [4.69, 9.17) is 4.74 Å². The highest BCUT2D eigenvalue weighted by Gasteiger charge is 2.47. The first-order valence-electron chi connectivity index (χ1n) is 6.70. The van der Waals surface area contributed by atoms with Gasteiger partial charge in [-0.2, -0.15) is 0 Å². The summed E-state index contributed by atoms with van der Waals surface area (Å²) < 4.78 is 5.81. The molecule has 7 heteroatoms. The number of nitrogens with zero attached hydrogens (tertiary/aromatic N) is 1. The molecule has 0 radical (unpaired) electrons. The SMILES string of the molecule is C[Si](C)(C)CCOCN1C(=O)C(Br)(Br)c2cc(Br)ccc21. The smallest absolute Gasteiger partial charge is 0.261 e. The Morgan fingerprint density at radius 3 is 2.57 bits per heavy atom. The van der Waals surface area contributed by atoms with Crippen molar-refractivity contribution in [2.45, 2.75) is 28.9 Å². The molecule has 0 bridgehead atoms. The minimum atomic E-state index is -1.11. The molecule has 0 saturated carbocycles. The lowest BCUT2D eigenvalue weighted by molar-refractivity contribution is -0.119. The summed E-state index contributed by atoms with van der Waals surface area (Å²) in [7, 11) is -1.11. The Morgan fingerprint density at radius 1 is 1.29 bits per heavy atom. The van der Waals surface area contributed by atoms with Gasteiger partial charge in [0.1, 0.15) is 6.73 Å². The van der Waals surface area contributed by atoms with Crippen molar-refractivity contribution in [2.75, 3.05) is 18.2 Å². The van der Waals surface area contributed by atoms with Gasteiger partial charge in [-0.05, 0) is 24.2 Å². The van der Waals surface area contributed by atoms with E-state index in [0.29, 0.717) is 6.61 Å². The molecule has 1 amide bonds. The maximum absolute atomic E-state index is 12.5. The highest BCUT2D eigenvalue weighted by Crippen LogP contribution is 2.51. The number of carbonyl (C=O) groups is 1. The van der Waals surface area contributed by atoms with Gasteiger partial charge in [-0.15, -0.1) is 0 Å². The van der Waals surface area contributed by atoms with Gasteiger partial charge in [0, 0.05) is 24.7 Å². The summed E-state index contributed by atoms with van der Waals surface area (Å²) in [5, 5.41) is 0. The lowest BCUT2D eigenvalue weighted by Crippen LogP contribution is -2.35. The van der Waals surface area contributed by atoms with Crippen LogP contribution in [0.4, 0.5) is 5.69 Å². The lowest BCUT2D eigenvalue weighted by atomic mass is 10.2. The van der Waals surface area contributed by atoms with Crippen LogP contribution in [0.2, 0.25) is 25.7 Å². The number of hydrogen-bond acceptors (Lipinski definition) is 2. The lowest BCUT2D eigenvalue weighted by Gasteiger charge is -2.20. The van der Waals surface area contributed by atoms with Crippen molar-refractivity contribution in [2.24, 2.45) is 0 Å². The molecular weight excluding hydrogens is 482 g/mol. The summed E-state index contributed by atoms with van der Waals surface area (Å²) >= 11 is 10.4. The minimum absolute atomic E-state index is 0.0522. The molecule has 0 N–H and O–H groups in total. The number of ether oxygens (including phenoxy) is 1. The fraction of sp³-hybridized carbons (Fsp3) is 0.500. The van der Waals surface area contributed by atoms with E-state index in [-0.39, 0.29) is 12.6 Å². The standard InChI is InChI=1S/C14H18Br3NO2Si/c1-21(2,3)7-6-20-9-18-12-5-4-10(15)8-11(12)14(16,17)13(18)19/h4-5,8H,6-7,9H2,1-3H3. The first-order valence-corrected chi connectivity index (χ1v) is 12.8. The third kappa shape index (κ3) is 3.99. The van der Waals surface area contributed by atoms with Crippen molar-refractivity contribution >= 4 is 67.5 Å². The zero-order valence-electron chi connectivity index (χ0n) is 12.3. The first kappa shape index (κ1) is 17.7. The van der Waals surface area contributed by atoms with Crippen LogP contribution in [-0.4, -0.2) is 27.3 Å². The van der Waals surface area contributed by atoms with E-state index in [9.17, 15) is 4.79 Å². The van der Waals surface area contributed by atoms with Crippen LogP contribution in [0.15, 0.2) is 22.7 Å². The number of alkyl halides is 2. The van der Waals surface area contributed by atoms with Gasteiger partial charge < -0.3 is 4.74 Å². The number of rotatable bonds is 5. The van der Waals surface area contributed by atoms with E-state index in [1.807, 2.05) is 18.2 Å². The normalized spacial score (nSPS) is 17.2. The van der Waals surface area contributed by atoms with Crippen molar-refractivity contribution in [3.05, 3.63) is 28.2 Å². The Balaban J connectivity index is 2.10. The largest absolute Gasteiger partial charge is 0.361 e. The Kier molecular flexibility index (Phi) is 5.41. The predicted octanol–water partition coefficient (Wildman–Crippen LogP) is 5.05. The van der Waals surface area contributed by atoms with Crippen molar-refractivity contribution in [3.63, 3.8) is 0 Å².